The number of rotatable bonds is 3. The van der Waals surface area contributed by atoms with Gasteiger partial charge in [-0.25, -0.2) is 0 Å². The molecule has 2 aromatic carbocycles. The number of benzene rings is 2. The van der Waals surface area contributed by atoms with Crippen molar-refractivity contribution in [3.05, 3.63) is 54.9 Å². The Hall–Kier alpha value is -2.62. The van der Waals surface area contributed by atoms with Gasteiger partial charge in [-0.05, 0) is 29.2 Å². The zero-order valence-corrected chi connectivity index (χ0v) is 13.0. The Morgan fingerprint density at radius 2 is 1.83 bits per heavy atom. The van der Waals surface area contributed by atoms with Crippen molar-refractivity contribution in [1.82, 2.24) is 14.7 Å². The Labute approximate surface area is 135 Å². The van der Waals surface area contributed by atoms with Gasteiger partial charge >= 0.3 is 0 Å². The van der Waals surface area contributed by atoms with Crippen LogP contribution in [0.25, 0.3) is 21.9 Å². The molecule has 23 heavy (non-hydrogen) atoms. The smallest absolute Gasteiger partial charge is 0.244 e. The summed E-state index contributed by atoms with van der Waals surface area (Å²) in [5.41, 5.74) is 2.21. The van der Waals surface area contributed by atoms with Crippen molar-refractivity contribution in [2.75, 3.05) is 13.1 Å². The van der Waals surface area contributed by atoms with Gasteiger partial charge in [-0.1, -0.05) is 42.5 Å². The Balaban J connectivity index is 1.61. The molecule has 0 bridgehead atoms. The van der Waals surface area contributed by atoms with Crippen LogP contribution in [0.5, 0.6) is 0 Å². The Kier molecular flexibility index (Phi) is 3.58. The third kappa shape index (κ3) is 2.72. The first-order valence-corrected chi connectivity index (χ1v) is 8.10. The standard InChI is InChI=1S/C19H19N3O/c23-19(21-10-3-4-11-21)14-22-13-16(12-20-22)18-9-5-7-15-6-1-2-8-17(15)18/h1-2,5-9,12-13H,3-4,10-11,14H2. The minimum absolute atomic E-state index is 0.162. The highest BCUT2D eigenvalue weighted by atomic mass is 16.2. The van der Waals surface area contributed by atoms with Gasteiger partial charge in [-0.2, -0.15) is 5.10 Å². The molecule has 0 spiro atoms. The molecule has 1 fully saturated rings. The summed E-state index contributed by atoms with van der Waals surface area (Å²) in [5.74, 6) is 0.162. The van der Waals surface area contributed by atoms with E-state index in [0.717, 1.165) is 37.1 Å². The molecular formula is C19H19N3O. The number of likely N-dealkylation sites (tertiary alicyclic amines) is 1. The van der Waals surface area contributed by atoms with Gasteiger partial charge in [0.25, 0.3) is 0 Å². The van der Waals surface area contributed by atoms with Gasteiger partial charge in [-0.3, -0.25) is 9.48 Å². The highest BCUT2D eigenvalue weighted by Crippen LogP contribution is 2.28. The van der Waals surface area contributed by atoms with Crippen LogP contribution in [0.1, 0.15) is 12.8 Å². The number of carbonyl (C=O) groups excluding carboxylic acids is 1. The molecule has 1 saturated heterocycles. The number of hydrogen-bond donors (Lipinski definition) is 0. The van der Waals surface area contributed by atoms with Crippen LogP contribution in [-0.4, -0.2) is 33.7 Å². The molecular weight excluding hydrogens is 286 g/mol. The van der Waals surface area contributed by atoms with Crippen molar-refractivity contribution in [3.63, 3.8) is 0 Å². The summed E-state index contributed by atoms with van der Waals surface area (Å²) < 4.78 is 1.75. The summed E-state index contributed by atoms with van der Waals surface area (Å²) in [6.45, 7) is 2.09. The molecule has 4 heteroatoms. The Morgan fingerprint density at radius 1 is 1.04 bits per heavy atom. The van der Waals surface area contributed by atoms with Crippen molar-refractivity contribution < 1.29 is 4.79 Å². The maximum absolute atomic E-state index is 12.2. The predicted molar refractivity (Wildman–Crippen MR) is 91.0 cm³/mol. The fourth-order valence-electron chi connectivity index (χ4n) is 3.27. The number of hydrogen-bond acceptors (Lipinski definition) is 2. The van der Waals surface area contributed by atoms with Crippen molar-refractivity contribution in [3.8, 4) is 11.1 Å². The first-order valence-electron chi connectivity index (χ1n) is 8.10. The van der Waals surface area contributed by atoms with Crippen LogP contribution in [0.4, 0.5) is 0 Å². The number of nitrogens with zero attached hydrogens (tertiary/aromatic N) is 3. The van der Waals surface area contributed by atoms with Crippen LogP contribution in [0.15, 0.2) is 54.9 Å². The van der Waals surface area contributed by atoms with E-state index in [9.17, 15) is 4.79 Å². The van der Waals surface area contributed by atoms with Gasteiger partial charge in [0.15, 0.2) is 0 Å². The third-order valence-corrected chi connectivity index (χ3v) is 4.49. The third-order valence-electron chi connectivity index (χ3n) is 4.49. The monoisotopic (exact) mass is 305 g/mol. The second kappa shape index (κ2) is 5.88. The molecule has 0 saturated carbocycles. The van der Waals surface area contributed by atoms with E-state index < -0.39 is 0 Å². The lowest BCUT2D eigenvalue weighted by atomic mass is 10.0. The summed E-state index contributed by atoms with van der Waals surface area (Å²) >= 11 is 0. The molecule has 0 radical (unpaired) electrons. The highest BCUT2D eigenvalue weighted by molar-refractivity contribution is 5.96. The van der Waals surface area contributed by atoms with Gasteiger partial charge in [0.2, 0.25) is 5.91 Å². The predicted octanol–water partition coefficient (Wildman–Crippen LogP) is 3.33. The number of amides is 1. The lowest BCUT2D eigenvalue weighted by Crippen LogP contribution is -2.31. The van der Waals surface area contributed by atoms with Crippen LogP contribution in [0.3, 0.4) is 0 Å². The van der Waals surface area contributed by atoms with Crippen molar-refractivity contribution in [1.29, 1.82) is 0 Å². The van der Waals surface area contributed by atoms with E-state index in [2.05, 4.69) is 35.4 Å². The molecule has 0 atom stereocenters. The molecule has 0 unspecified atom stereocenters. The molecule has 116 valence electrons. The zero-order valence-electron chi connectivity index (χ0n) is 13.0. The molecule has 2 heterocycles. The van der Waals surface area contributed by atoms with Gasteiger partial charge in [-0.15, -0.1) is 0 Å². The molecule has 4 nitrogen and oxygen atoms in total. The minimum atomic E-state index is 0.162. The van der Waals surface area contributed by atoms with Crippen molar-refractivity contribution >= 4 is 16.7 Å². The normalized spacial score (nSPS) is 14.5. The molecule has 1 aliphatic rings. The van der Waals surface area contributed by atoms with Crippen LogP contribution >= 0.6 is 0 Å². The van der Waals surface area contributed by atoms with Crippen LogP contribution in [0.2, 0.25) is 0 Å². The second-order valence-electron chi connectivity index (χ2n) is 6.04. The lowest BCUT2D eigenvalue weighted by Gasteiger charge is -2.14. The van der Waals surface area contributed by atoms with E-state index in [1.165, 1.54) is 10.8 Å². The Morgan fingerprint density at radius 3 is 2.70 bits per heavy atom. The van der Waals surface area contributed by atoms with Crippen LogP contribution in [-0.2, 0) is 11.3 Å². The molecule has 1 amide bonds. The summed E-state index contributed by atoms with van der Waals surface area (Å²) in [6.07, 6.45) is 6.05. The topological polar surface area (TPSA) is 38.1 Å². The van der Waals surface area contributed by atoms with Crippen molar-refractivity contribution in [2.24, 2.45) is 0 Å². The summed E-state index contributed by atoms with van der Waals surface area (Å²) in [4.78, 5) is 14.2. The summed E-state index contributed by atoms with van der Waals surface area (Å²) in [7, 11) is 0. The lowest BCUT2D eigenvalue weighted by molar-refractivity contribution is -0.130. The SMILES string of the molecule is O=C(Cn1cc(-c2cccc3ccccc23)cn1)N1CCCC1. The second-order valence-corrected chi connectivity index (χ2v) is 6.04. The summed E-state index contributed by atoms with van der Waals surface area (Å²) in [6, 6.07) is 14.6. The number of carbonyl (C=O) groups is 1. The number of aromatic nitrogens is 2. The van der Waals surface area contributed by atoms with Gasteiger partial charge in [0, 0.05) is 24.8 Å². The molecule has 3 aromatic rings. The van der Waals surface area contributed by atoms with Crippen LogP contribution < -0.4 is 0 Å². The quantitative estimate of drug-likeness (QED) is 0.744. The molecule has 0 aliphatic carbocycles. The van der Waals surface area contributed by atoms with E-state index in [1.54, 1.807) is 4.68 Å². The minimum Gasteiger partial charge on any atom is -0.341 e. The molecule has 4 rings (SSSR count). The Bertz CT molecular complexity index is 841. The van der Waals surface area contributed by atoms with Crippen molar-refractivity contribution in [2.45, 2.75) is 19.4 Å². The number of fused-ring (bicyclic) bond motifs is 1. The molecule has 1 aromatic heterocycles. The molecule has 1 aliphatic heterocycles. The van der Waals surface area contributed by atoms with E-state index in [0.29, 0.717) is 6.54 Å². The van der Waals surface area contributed by atoms with Gasteiger partial charge in [0.05, 0.1) is 6.20 Å². The van der Waals surface area contributed by atoms with E-state index in [1.807, 2.05) is 29.4 Å². The highest BCUT2D eigenvalue weighted by Gasteiger charge is 2.18. The maximum Gasteiger partial charge on any atom is 0.244 e. The fraction of sp³-hybridized carbons (Fsp3) is 0.263. The van der Waals surface area contributed by atoms with Gasteiger partial charge in [0.1, 0.15) is 6.54 Å². The average molecular weight is 305 g/mol. The van der Waals surface area contributed by atoms with Gasteiger partial charge < -0.3 is 4.90 Å². The van der Waals surface area contributed by atoms with E-state index in [4.69, 9.17) is 0 Å². The van der Waals surface area contributed by atoms with E-state index in [-0.39, 0.29) is 5.91 Å². The first-order chi connectivity index (χ1) is 11.3. The summed E-state index contributed by atoms with van der Waals surface area (Å²) in [5, 5.41) is 6.80. The molecule has 0 N–H and O–H groups in total. The zero-order chi connectivity index (χ0) is 15.6. The van der Waals surface area contributed by atoms with Crippen LogP contribution in [0, 0.1) is 0 Å². The largest absolute Gasteiger partial charge is 0.341 e. The fourth-order valence-corrected chi connectivity index (χ4v) is 3.27. The maximum atomic E-state index is 12.2. The first kappa shape index (κ1) is 14.0. The van der Waals surface area contributed by atoms with E-state index >= 15 is 0 Å². The average Bonchev–Trinajstić information content (AvgIpc) is 3.26.